The zero-order chi connectivity index (χ0) is 16.1. The molecule has 8 heteroatoms. The summed E-state index contributed by atoms with van der Waals surface area (Å²) in [6, 6.07) is 0. The van der Waals surface area contributed by atoms with E-state index in [1.807, 2.05) is 0 Å². The Morgan fingerprint density at radius 1 is 1.30 bits per heavy atom. The van der Waals surface area contributed by atoms with Crippen LogP contribution in [0.1, 0.15) is 48.1 Å². The van der Waals surface area contributed by atoms with Crippen LogP contribution in [-0.2, 0) is 22.5 Å². The van der Waals surface area contributed by atoms with Crippen molar-refractivity contribution in [3.63, 3.8) is 0 Å². The standard InChI is InChI=1S/C15H19N5O3/c1-10-12(20-23-19-10)6-14(21)16-7-11-8-17-15(18-9-11)13-4-2-3-5-22-13/h8-9,13H,2-7H2,1H3,(H,16,21). The molecule has 2 aromatic rings. The third-order valence-corrected chi connectivity index (χ3v) is 3.76. The predicted octanol–water partition coefficient (Wildman–Crippen LogP) is 1.27. The average Bonchev–Trinajstić information content (AvgIpc) is 2.99. The summed E-state index contributed by atoms with van der Waals surface area (Å²) in [5.41, 5.74) is 2.01. The smallest absolute Gasteiger partial charge is 0.226 e. The van der Waals surface area contributed by atoms with E-state index in [-0.39, 0.29) is 18.4 Å². The lowest BCUT2D eigenvalue weighted by Gasteiger charge is -2.21. The average molecular weight is 317 g/mol. The summed E-state index contributed by atoms with van der Waals surface area (Å²) in [7, 11) is 0. The van der Waals surface area contributed by atoms with Crippen molar-refractivity contribution >= 4 is 5.91 Å². The first-order chi connectivity index (χ1) is 11.2. The monoisotopic (exact) mass is 317 g/mol. The van der Waals surface area contributed by atoms with Gasteiger partial charge in [0.1, 0.15) is 17.5 Å². The highest BCUT2D eigenvalue weighted by Gasteiger charge is 2.18. The minimum atomic E-state index is -0.150. The normalized spacial score (nSPS) is 17.9. The number of hydrogen-bond acceptors (Lipinski definition) is 7. The molecular weight excluding hydrogens is 298 g/mol. The minimum absolute atomic E-state index is 0.00460. The first-order valence-electron chi connectivity index (χ1n) is 7.69. The fourth-order valence-corrected chi connectivity index (χ4v) is 2.39. The first-order valence-corrected chi connectivity index (χ1v) is 7.69. The van der Waals surface area contributed by atoms with E-state index in [0.717, 1.165) is 31.4 Å². The second-order valence-corrected chi connectivity index (χ2v) is 5.55. The van der Waals surface area contributed by atoms with Gasteiger partial charge in [-0.2, -0.15) is 0 Å². The second kappa shape index (κ2) is 7.28. The molecule has 0 spiro atoms. The van der Waals surface area contributed by atoms with Gasteiger partial charge in [-0.25, -0.2) is 14.6 Å². The van der Waals surface area contributed by atoms with Gasteiger partial charge in [-0.15, -0.1) is 0 Å². The lowest BCUT2D eigenvalue weighted by Crippen LogP contribution is -2.25. The second-order valence-electron chi connectivity index (χ2n) is 5.55. The Morgan fingerprint density at radius 3 is 2.78 bits per heavy atom. The van der Waals surface area contributed by atoms with Crippen LogP contribution in [0, 0.1) is 6.92 Å². The van der Waals surface area contributed by atoms with E-state index in [1.54, 1.807) is 19.3 Å². The molecule has 3 heterocycles. The number of amides is 1. The maximum atomic E-state index is 11.9. The molecule has 0 saturated carbocycles. The number of rotatable bonds is 5. The Balaban J connectivity index is 1.50. The van der Waals surface area contributed by atoms with Gasteiger partial charge in [0.2, 0.25) is 5.91 Å². The molecule has 1 N–H and O–H groups in total. The zero-order valence-corrected chi connectivity index (χ0v) is 13.0. The molecule has 122 valence electrons. The van der Waals surface area contributed by atoms with Crippen molar-refractivity contribution in [2.75, 3.05) is 6.61 Å². The van der Waals surface area contributed by atoms with Crippen LogP contribution in [0.3, 0.4) is 0 Å². The highest BCUT2D eigenvalue weighted by molar-refractivity contribution is 5.78. The molecule has 0 bridgehead atoms. The van der Waals surface area contributed by atoms with Crippen LogP contribution in [0.4, 0.5) is 0 Å². The molecule has 1 fully saturated rings. The molecule has 1 amide bonds. The van der Waals surface area contributed by atoms with E-state index < -0.39 is 0 Å². The van der Waals surface area contributed by atoms with E-state index in [9.17, 15) is 4.79 Å². The first kappa shape index (κ1) is 15.5. The van der Waals surface area contributed by atoms with E-state index in [2.05, 4.69) is 30.2 Å². The highest BCUT2D eigenvalue weighted by Crippen LogP contribution is 2.24. The van der Waals surface area contributed by atoms with Crippen molar-refractivity contribution in [2.45, 2.75) is 45.3 Å². The van der Waals surface area contributed by atoms with Gasteiger partial charge in [-0.05, 0) is 26.2 Å². The Morgan fingerprint density at radius 2 is 2.13 bits per heavy atom. The maximum Gasteiger partial charge on any atom is 0.226 e. The van der Waals surface area contributed by atoms with Gasteiger partial charge in [0.05, 0.1) is 6.42 Å². The lowest BCUT2D eigenvalue weighted by molar-refractivity contribution is -0.120. The van der Waals surface area contributed by atoms with Crippen molar-refractivity contribution in [2.24, 2.45) is 0 Å². The van der Waals surface area contributed by atoms with Crippen molar-refractivity contribution in [1.82, 2.24) is 25.6 Å². The summed E-state index contributed by atoms with van der Waals surface area (Å²) < 4.78 is 10.2. The Kier molecular flexibility index (Phi) is 4.92. The van der Waals surface area contributed by atoms with Gasteiger partial charge < -0.3 is 10.1 Å². The predicted molar refractivity (Wildman–Crippen MR) is 79.2 cm³/mol. The summed E-state index contributed by atoms with van der Waals surface area (Å²) in [5, 5.41) is 10.1. The summed E-state index contributed by atoms with van der Waals surface area (Å²) in [4.78, 5) is 20.6. The van der Waals surface area contributed by atoms with Crippen molar-refractivity contribution in [3.8, 4) is 0 Å². The molecule has 1 aliphatic rings. The van der Waals surface area contributed by atoms with Crippen LogP contribution in [0.25, 0.3) is 0 Å². The Bertz CT molecular complexity index is 649. The van der Waals surface area contributed by atoms with Gasteiger partial charge >= 0.3 is 0 Å². The van der Waals surface area contributed by atoms with Gasteiger partial charge in [-0.1, -0.05) is 10.3 Å². The SMILES string of the molecule is Cc1nonc1CC(=O)NCc1cnc(C2CCCCO2)nc1. The number of carbonyl (C=O) groups is 1. The number of nitrogens with zero attached hydrogens (tertiary/aromatic N) is 4. The largest absolute Gasteiger partial charge is 0.370 e. The van der Waals surface area contributed by atoms with E-state index in [1.165, 1.54) is 0 Å². The quantitative estimate of drug-likeness (QED) is 0.885. The molecule has 0 radical (unpaired) electrons. The molecule has 2 aromatic heterocycles. The third-order valence-electron chi connectivity index (χ3n) is 3.76. The molecule has 3 rings (SSSR count). The maximum absolute atomic E-state index is 11.9. The van der Waals surface area contributed by atoms with Crippen LogP contribution < -0.4 is 5.32 Å². The van der Waals surface area contributed by atoms with Gasteiger partial charge in [0.25, 0.3) is 0 Å². The number of ether oxygens (including phenoxy) is 1. The van der Waals surface area contributed by atoms with E-state index in [4.69, 9.17) is 4.74 Å². The zero-order valence-electron chi connectivity index (χ0n) is 13.0. The molecule has 1 atom stereocenters. The third kappa shape index (κ3) is 4.10. The number of hydrogen-bond donors (Lipinski definition) is 1. The molecule has 0 aliphatic carbocycles. The number of nitrogens with one attached hydrogen (secondary N) is 1. The summed E-state index contributed by atoms with van der Waals surface area (Å²) in [6.07, 6.45) is 6.79. The molecule has 1 saturated heterocycles. The van der Waals surface area contributed by atoms with E-state index in [0.29, 0.717) is 23.8 Å². The topological polar surface area (TPSA) is 103 Å². The number of aryl methyl sites for hydroxylation is 1. The van der Waals surface area contributed by atoms with Crippen molar-refractivity contribution in [1.29, 1.82) is 0 Å². The van der Waals surface area contributed by atoms with Gasteiger partial charge in [0.15, 0.2) is 5.82 Å². The summed E-state index contributed by atoms with van der Waals surface area (Å²) in [6.45, 7) is 2.89. The van der Waals surface area contributed by atoms with Crippen LogP contribution in [-0.4, -0.2) is 32.8 Å². The van der Waals surface area contributed by atoms with Crippen LogP contribution in [0.2, 0.25) is 0 Å². The van der Waals surface area contributed by atoms with Gasteiger partial charge in [0, 0.05) is 31.1 Å². The number of carbonyl (C=O) groups excluding carboxylic acids is 1. The lowest BCUT2D eigenvalue weighted by atomic mass is 10.1. The van der Waals surface area contributed by atoms with Crippen LogP contribution in [0.15, 0.2) is 17.0 Å². The summed E-state index contributed by atoms with van der Waals surface area (Å²) >= 11 is 0. The fourth-order valence-electron chi connectivity index (χ4n) is 2.39. The summed E-state index contributed by atoms with van der Waals surface area (Å²) in [5.74, 6) is 0.563. The van der Waals surface area contributed by atoms with Crippen molar-refractivity contribution < 1.29 is 14.2 Å². The molecular formula is C15H19N5O3. The fraction of sp³-hybridized carbons (Fsp3) is 0.533. The molecule has 8 nitrogen and oxygen atoms in total. The minimum Gasteiger partial charge on any atom is -0.370 e. The highest BCUT2D eigenvalue weighted by atomic mass is 16.6. The molecule has 23 heavy (non-hydrogen) atoms. The van der Waals surface area contributed by atoms with Crippen LogP contribution in [0.5, 0.6) is 0 Å². The van der Waals surface area contributed by atoms with Gasteiger partial charge in [-0.3, -0.25) is 4.79 Å². The molecule has 0 aromatic carbocycles. The number of aromatic nitrogens is 4. The van der Waals surface area contributed by atoms with E-state index >= 15 is 0 Å². The molecule has 1 unspecified atom stereocenters. The molecule has 1 aliphatic heterocycles. The van der Waals surface area contributed by atoms with Crippen LogP contribution >= 0.6 is 0 Å². The van der Waals surface area contributed by atoms with Crippen molar-refractivity contribution in [3.05, 3.63) is 35.2 Å². The Labute approximate surface area is 133 Å². The Hall–Kier alpha value is -2.35.